The van der Waals surface area contributed by atoms with Gasteiger partial charge in [-0.25, -0.2) is 0 Å². The highest BCUT2D eigenvalue weighted by atomic mass is 16.5. The molecule has 0 aromatic carbocycles. The van der Waals surface area contributed by atoms with Gasteiger partial charge in [-0.2, -0.15) is 0 Å². The summed E-state index contributed by atoms with van der Waals surface area (Å²) < 4.78 is 9.25. The van der Waals surface area contributed by atoms with Crippen LogP contribution in [-0.4, -0.2) is 25.0 Å². The fourth-order valence-corrected chi connectivity index (χ4v) is 1.09. The van der Waals surface area contributed by atoms with Crippen molar-refractivity contribution in [1.29, 1.82) is 0 Å². The van der Waals surface area contributed by atoms with Crippen molar-refractivity contribution in [3.63, 3.8) is 0 Å². The topological polar surface area (TPSA) is 68.5 Å². The zero-order chi connectivity index (χ0) is 11.3. The number of ether oxygens (including phenoxy) is 1. The molecule has 1 heterocycles. The zero-order valence-corrected chi connectivity index (χ0v) is 8.65. The van der Waals surface area contributed by atoms with Crippen LogP contribution in [-0.2, 0) is 9.53 Å². The Morgan fingerprint density at radius 2 is 2.33 bits per heavy atom. The van der Waals surface area contributed by atoms with E-state index in [2.05, 4.69) is 10.1 Å². The van der Waals surface area contributed by atoms with Gasteiger partial charge in [0.05, 0.1) is 25.4 Å². The van der Waals surface area contributed by atoms with Gasteiger partial charge in [-0.05, 0) is 13.0 Å². The molecule has 1 rings (SSSR count). The van der Waals surface area contributed by atoms with Crippen molar-refractivity contribution in [2.75, 3.05) is 7.11 Å². The van der Waals surface area contributed by atoms with E-state index >= 15 is 0 Å². The molecule has 0 fully saturated rings. The first kappa shape index (κ1) is 11.3. The van der Waals surface area contributed by atoms with Crippen molar-refractivity contribution in [1.82, 2.24) is 5.32 Å². The first-order chi connectivity index (χ1) is 7.13. The molecule has 0 aliphatic carbocycles. The van der Waals surface area contributed by atoms with E-state index in [-0.39, 0.29) is 24.3 Å². The molecule has 0 bridgehead atoms. The summed E-state index contributed by atoms with van der Waals surface area (Å²) in [5.41, 5.74) is 0.437. The summed E-state index contributed by atoms with van der Waals surface area (Å²) in [6.45, 7) is 1.73. The summed E-state index contributed by atoms with van der Waals surface area (Å²) in [5, 5.41) is 2.65. The van der Waals surface area contributed by atoms with Crippen molar-refractivity contribution >= 4 is 11.9 Å². The maximum Gasteiger partial charge on any atom is 0.307 e. The van der Waals surface area contributed by atoms with Crippen LogP contribution in [0.15, 0.2) is 23.0 Å². The Kier molecular flexibility index (Phi) is 3.91. The Morgan fingerprint density at radius 1 is 1.60 bits per heavy atom. The van der Waals surface area contributed by atoms with Crippen LogP contribution in [0.5, 0.6) is 0 Å². The van der Waals surface area contributed by atoms with Crippen LogP contribution in [0, 0.1) is 0 Å². The number of esters is 1. The number of hydrogen-bond acceptors (Lipinski definition) is 4. The summed E-state index contributed by atoms with van der Waals surface area (Å²) in [6.07, 6.45) is 2.92. The van der Waals surface area contributed by atoms with Crippen LogP contribution in [0.25, 0.3) is 0 Å². The van der Waals surface area contributed by atoms with Crippen molar-refractivity contribution < 1.29 is 18.7 Å². The predicted octanol–water partition coefficient (Wildman–Crippen LogP) is 0.961. The smallest absolute Gasteiger partial charge is 0.307 e. The second kappa shape index (κ2) is 5.19. The third-order valence-electron chi connectivity index (χ3n) is 1.86. The van der Waals surface area contributed by atoms with E-state index in [1.165, 1.54) is 19.6 Å². The maximum absolute atomic E-state index is 11.5. The molecule has 0 saturated carbocycles. The molecule has 82 valence electrons. The molecule has 0 radical (unpaired) electrons. The third kappa shape index (κ3) is 3.46. The van der Waals surface area contributed by atoms with E-state index in [0.29, 0.717) is 5.56 Å². The summed E-state index contributed by atoms with van der Waals surface area (Å²) >= 11 is 0. The van der Waals surface area contributed by atoms with Crippen molar-refractivity contribution in [3.8, 4) is 0 Å². The highest BCUT2D eigenvalue weighted by Gasteiger charge is 2.13. The fraction of sp³-hybridized carbons (Fsp3) is 0.400. The van der Waals surface area contributed by atoms with Crippen LogP contribution >= 0.6 is 0 Å². The van der Waals surface area contributed by atoms with Gasteiger partial charge in [-0.1, -0.05) is 0 Å². The minimum Gasteiger partial charge on any atom is -0.472 e. The lowest BCUT2D eigenvalue weighted by molar-refractivity contribution is -0.141. The number of furan rings is 1. The number of rotatable bonds is 4. The average molecular weight is 211 g/mol. The van der Waals surface area contributed by atoms with Gasteiger partial charge in [0.15, 0.2) is 0 Å². The normalized spacial score (nSPS) is 11.9. The third-order valence-corrected chi connectivity index (χ3v) is 1.86. The van der Waals surface area contributed by atoms with E-state index in [1.54, 1.807) is 13.0 Å². The van der Waals surface area contributed by atoms with Crippen LogP contribution in [0.2, 0.25) is 0 Å². The summed E-state index contributed by atoms with van der Waals surface area (Å²) in [7, 11) is 1.31. The molecule has 1 atom stereocenters. The molecule has 0 saturated heterocycles. The molecule has 0 spiro atoms. The molecular formula is C10H13NO4. The summed E-state index contributed by atoms with van der Waals surface area (Å²) in [6, 6.07) is 1.29. The highest BCUT2D eigenvalue weighted by Crippen LogP contribution is 2.01. The molecule has 0 aliphatic heterocycles. The molecule has 15 heavy (non-hydrogen) atoms. The van der Waals surface area contributed by atoms with Crippen LogP contribution in [0.4, 0.5) is 0 Å². The molecule has 1 N–H and O–H groups in total. The number of nitrogens with one attached hydrogen (secondary N) is 1. The van der Waals surface area contributed by atoms with Crippen LogP contribution in [0.1, 0.15) is 23.7 Å². The standard InChI is InChI=1S/C10H13NO4/c1-7(5-9(12)14-2)11-10(13)8-3-4-15-6-8/h3-4,6-7H,5H2,1-2H3,(H,11,13). The van der Waals surface area contributed by atoms with Gasteiger partial charge < -0.3 is 14.5 Å². The van der Waals surface area contributed by atoms with Crippen LogP contribution < -0.4 is 5.32 Å². The monoisotopic (exact) mass is 211 g/mol. The fourth-order valence-electron chi connectivity index (χ4n) is 1.09. The Labute approximate surface area is 87.4 Å². The number of amides is 1. The predicted molar refractivity (Wildman–Crippen MR) is 52.3 cm³/mol. The molecule has 0 aliphatic rings. The van der Waals surface area contributed by atoms with Gasteiger partial charge in [-0.3, -0.25) is 9.59 Å². The molecule has 1 amide bonds. The molecule has 5 nitrogen and oxygen atoms in total. The summed E-state index contributed by atoms with van der Waals surface area (Å²) in [4.78, 5) is 22.4. The van der Waals surface area contributed by atoms with Crippen LogP contribution in [0.3, 0.4) is 0 Å². The second-order valence-corrected chi connectivity index (χ2v) is 3.17. The second-order valence-electron chi connectivity index (χ2n) is 3.17. The number of methoxy groups -OCH3 is 1. The van der Waals surface area contributed by atoms with Gasteiger partial charge in [0.2, 0.25) is 0 Å². The Morgan fingerprint density at radius 3 is 2.87 bits per heavy atom. The van der Waals surface area contributed by atoms with E-state index < -0.39 is 0 Å². The Hall–Kier alpha value is -1.78. The van der Waals surface area contributed by atoms with Gasteiger partial charge in [0.25, 0.3) is 5.91 Å². The first-order valence-corrected chi connectivity index (χ1v) is 4.53. The molecule has 1 aromatic heterocycles. The minimum atomic E-state index is -0.352. The van der Waals surface area contributed by atoms with Gasteiger partial charge >= 0.3 is 5.97 Å². The maximum atomic E-state index is 11.5. The number of carbonyl (C=O) groups excluding carboxylic acids is 2. The lowest BCUT2D eigenvalue weighted by Gasteiger charge is -2.11. The SMILES string of the molecule is COC(=O)CC(C)NC(=O)c1ccoc1. The molecule has 1 unspecified atom stereocenters. The zero-order valence-electron chi connectivity index (χ0n) is 8.65. The van der Waals surface area contributed by atoms with Gasteiger partial charge in [0.1, 0.15) is 6.26 Å². The van der Waals surface area contributed by atoms with Gasteiger partial charge in [0, 0.05) is 6.04 Å². The van der Waals surface area contributed by atoms with Gasteiger partial charge in [-0.15, -0.1) is 0 Å². The quantitative estimate of drug-likeness (QED) is 0.753. The lowest BCUT2D eigenvalue weighted by atomic mass is 10.2. The minimum absolute atomic E-state index is 0.153. The Balaban J connectivity index is 2.42. The Bertz CT molecular complexity index is 331. The van der Waals surface area contributed by atoms with E-state index in [1.807, 2.05) is 0 Å². The largest absolute Gasteiger partial charge is 0.472 e. The highest BCUT2D eigenvalue weighted by molar-refractivity contribution is 5.94. The first-order valence-electron chi connectivity index (χ1n) is 4.53. The average Bonchev–Trinajstić information content (AvgIpc) is 2.70. The van der Waals surface area contributed by atoms with E-state index in [9.17, 15) is 9.59 Å². The van der Waals surface area contributed by atoms with Crippen molar-refractivity contribution in [2.24, 2.45) is 0 Å². The van der Waals surface area contributed by atoms with E-state index in [4.69, 9.17) is 4.42 Å². The van der Waals surface area contributed by atoms with Crippen molar-refractivity contribution in [2.45, 2.75) is 19.4 Å². The van der Waals surface area contributed by atoms with Crippen molar-refractivity contribution in [3.05, 3.63) is 24.2 Å². The number of hydrogen-bond donors (Lipinski definition) is 1. The molecular weight excluding hydrogens is 198 g/mol. The number of carbonyl (C=O) groups is 2. The summed E-state index contributed by atoms with van der Waals surface area (Å²) in [5.74, 6) is -0.616. The lowest BCUT2D eigenvalue weighted by Crippen LogP contribution is -2.34. The van der Waals surface area contributed by atoms with E-state index in [0.717, 1.165) is 0 Å². The molecule has 1 aromatic rings. The molecule has 5 heteroatoms.